The highest BCUT2D eigenvalue weighted by atomic mass is 19.4. The Morgan fingerprint density at radius 1 is 1.22 bits per heavy atom. The number of nitrogens with zero attached hydrogens (tertiary/aromatic N) is 1. The molecule has 1 aliphatic rings. The molecule has 2 nitrogen and oxygen atoms in total. The molecule has 2 rings (SSSR count). The van der Waals surface area contributed by atoms with Gasteiger partial charge in [0.15, 0.2) is 0 Å². The van der Waals surface area contributed by atoms with Crippen LogP contribution in [0.5, 0.6) is 0 Å². The molecule has 1 aliphatic heterocycles. The van der Waals surface area contributed by atoms with Gasteiger partial charge in [-0.05, 0) is 25.0 Å². The third-order valence-electron chi connectivity index (χ3n) is 3.19. The van der Waals surface area contributed by atoms with E-state index in [1.165, 1.54) is 4.90 Å². The fourth-order valence-corrected chi connectivity index (χ4v) is 2.19. The zero-order chi connectivity index (χ0) is 13.2. The maximum atomic E-state index is 12.6. The van der Waals surface area contributed by atoms with Gasteiger partial charge >= 0.3 is 6.18 Å². The van der Waals surface area contributed by atoms with E-state index in [1.807, 2.05) is 0 Å². The van der Waals surface area contributed by atoms with E-state index in [0.29, 0.717) is 18.5 Å². The molecule has 0 unspecified atom stereocenters. The number of amides is 1. The highest BCUT2D eigenvalue weighted by Crippen LogP contribution is 2.33. The minimum Gasteiger partial charge on any atom is -0.338 e. The van der Waals surface area contributed by atoms with Gasteiger partial charge < -0.3 is 4.90 Å². The van der Waals surface area contributed by atoms with Crippen molar-refractivity contribution in [3.05, 3.63) is 35.9 Å². The van der Waals surface area contributed by atoms with Crippen LogP contribution in [0.3, 0.4) is 0 Å². The van der Waals surface area contributed by atoms with E-state index in [-0.39, 0.29) is 18.9 Å². The van der Waals surface area contributed by atoms with Gasteiger partial charge in [-0.25, -0.2) is 0 Å². The maximum Gasteiger partial charge on any atom is 0.393 e. The summed E-state index contributed by atoms with van der Waals surface area (Å²) >= 11 is 0. The number of hydrogen-bond acceptors (Lipinski definition) is 1. The van der Waals surface area contributed by atoms with Crippen molar-refractivity contribution >= 4 is 5.91 Å². The van der Waals surface area contributed by atoms with Gasteiger partial charge in [0.1, 0.15) is 0 Å². The Morgan fingerprint density at radius 2 is 1.89 bits per heavy atom. The molecule has 98 valence electrons. The lowest BCUT2D eigenvalue weighted by Crippen LogP contribution is -2.44. The summed E-state index contributed by atoms with van der Waals surface area (Å²) in [6.07, 6.45) is -3.69. The number of benzene rings is 1. The number of likely N-dealkylation sites (tertiary alicyclic amines) is 1. The summed E-state index contributed by atoms with van der Waals surface area (Å²) in [5, 5.41) is 0. The highest BCUT2D eigenvalue weighted by molar-refractivity contribution is 5.94. The molecule has 0 aromatic heterocycles. The topological polar surface area (TPSA) is 20.3 Å². The average molecular weight is 257 g/mol. The number of hydrogen-bond donors (Lipinski definition) is 0. The van der Waals surface area contributed by atoms with Gasteiger partial charge in [-0.3, -0.25) is 4.79 Å². The standard InChI is InChI=1S/C13H14F3NO/c14-13(15,16)11-7-4-8-17(9-11)12(18)10-5-2-1-3-6-10/h1-3,5-6,11H,4,7-9H2/t11-/m1/s1. The molecule has 1 saturated heterocycles. The normalized spacial score (nSPS) is 20.8. The lowest BCUT2D eigenvalue weighted by Gasteiger charge is -2.33. The van der Waals surface area contributed by atoms with Crippen molar-refractivity contribution in [2.75, 3.05) is 13.1 Å². The van der Waals surface area contributed by atoms with E-state index in [2.05, 4.69) is 0 Å². The largest absolute Gasteiger partial charge is 0.393 e. The summed E-state index contributed by atoms with van der Waals surface area (Å²) in [5.74, 6) is -1.71. The predicted octanol–water partition coefficient (Wildman–Crippen LogP) is 3.10. The van der Waals surface area contributed by atoms with Crippen molar-refractivity contribution in [3.63, 3.8) is 0 Å². The molecule has 1 atom stereocenters. The van der Waals surface area contributed by atoms with E-state index in [4.69, 9.17) is 0 Å². The molecule has 1 heterocycles. The molecular weight excluding hydrogens is 243 g/mol. The Balaban J connectivity index is 2.08. The molecule has 0 bridgehead atoms. The minimum atomic E-state index is -4.21. The monoisotopic (exact) mass is 257 g/mol. The SMILES string of the molecule is O=C(c1ccccc1)N1CCC[C@@H](C(F)(F)F)C1. The fraction of sp³-hybridized carbons (Fsp3) is 0.462. The van der Waals surface area contributed by atoms with Gasteiger partial charge in [0.25, 0.3) is 5.91 Å². The fourth-order valence-electron chi connectivity index (χ4n) is 2.19. The van der Waals surface area contributed by atoms with Gasteiger partial charge in [-0.2, -0.15) is 13.2 Å². The third-order valence-corrected chi connectivity index (χ3v) is 3.19. The van der Waals surface area contributed by atoms with Crippen LogP contribution in [0.15, 0.2) is 30.3 Å². The Kier molecular flexibility index (Phi) is 3.59. The minimum absolute atomic E-state index is 0.113. The Labute approximate surface area is 103 Å². The summed E-state index contributed by atoms with van der Waals surface area (Å²) in [5.41, 5.74) is 0.445. The van der Waals surface area contributed by atoms with Crippen molar-refractivity contribution in [1.29, 1.82) is 0 Å². The van der Waals surface area contributed by atoms with Crippen molar-refractivity contribution in [3.8, 4) is 0 Å². The summed E-state index contributed by atoms with van der Waals surface area (Å²) in [6, 6.07) is 8.43. The first-order chi connectivity index (χ1) is 8.48. The number of alkyl halides is 3. The van der Waals surface area contributed by atoms with Crippen molar-refractivity contribution in [2.24, 2.45) is 5.92 Å². The van der Waals surface area contributed by atoms with Crippen molar-refractivity contribution in [1.82, 2.24) is 4.90 Å². The lowest BCUT2D eigenvalue weighted by molar-refractivity contribution is -0.184. The van der Waals surface area contributed by atoms with E-state index < -0.39 is 12.1 Å². The summed E-state index contributed by atoms with van der Waals surface area (Å²) in [7, 11) is 0. The van der Waals surface area contributed by atoms with Crippen LogP contribution in [-0.4, -0.2) is 30.1 Å². The van der Waals surface area contributed by atoms with Crippen molar-refractivity contribution in [2.45, 2.75) is 19.0 Å². The van der Waals surface area contributed by atoms with Crippen LogP contribution in [0.1, 0.15) is 23.2 Å². The van der Waals surface area contributed by atoms with Crippen LogP contribution in [0.4, 0.5) is 13.2 Å². The second-order valence-electron chi connectivity index (χ2n) is 4.50. The van der Waals surface area contributed by atoms with E-state index in [1.54, 1.807) is 30.3 Å². The van der Waals surface area contributed by atoms with E-state index in [0.717, 1.165) is 0 Å². The first-order valence-electron chi connectivity index (χ1n) is 5.89. The zero-order valence-electron chi connectivity index (χ0n) is 9.78. The number of rotatable bonds is 1. The molecule has 1 fully saturated rings. The molecule has 1 amide bonds. The third kappa shape index (κ3) is 2.83. The molecule has 0 aliphatic carbocycles. The van der Waals surface area contributed by atoms with Crippen LogP contribution >= 0.6 is 0 Å². The molecule has 1 aromatic rings. The van der Waals surface area contributed by atoms with E-state index in [9.17, 15) is 18.0 Å². The van der Waals surface area contributed by atoms with Crippen LogP contribution in [0.25, 0.3) is 0 Å². The second-order valence-corrected chi connectivity index (χ2v) is 4.50. The highest BCUT2D eigenvalue weighted by Gasteiger charge is 2.42. The number of piperidine rings is 1. The summed E-state index contributed by atoms with van der Waals surface area (Å²) in [6.45, 7) is 0.178. The first kappa shape index (κ1) is 12.9. The van der Waals surface area contributed by atoms with Crippen LogP contribution < -0.4 is 0 Å². The van der Waals surface area contributed by atoms with Gasteiger partial charge in [0, 0.05) is 18.7 Å². The molecule has 0 radical (unpaired) electrons. The van der Waals surface area contributed by atoms with Crippen LogP contribution in [-0.2, 0) is 0 Å². The van der Waals surface area contributed by atoms with E-state index >= 15 is 0 Å². The smallest absolute Gasteiger partial charge is 0.338 e. The van der Waals surface area contributed by atoms with Gasteiger partial charge in [-0.1, -0.05) is 18.2 Å². The Bertz CT molecular complexity index is 416. The van der Waals surface area contributed by atoms with Gasteiger partial charge in [0.05, 0.1) is 5.92 Å². The van der Waals surface area contributed by atoms with Gasteiger partial charge in [-0.15, -0.1) is 0 Å². The van der Waals surface area contributed by atoms with Crippen LogP contribution in [0.2, 0.25) is 0 Å². The summed E-state index contributed by atoms with van der Waals surface area (Å²) < 4.78 is 37.9. The zero-order valence-corrected chi connectivity index (χ0v) is 9.78. The predicted molar refractivity (Wildman–Crippen MR) is 61.1 cm³/mol. The maximum absolute atomic E-state index is 12.6. The Hall–Kier alpha value is -1.52. The van der Waals surface area contributed by atoms with Crippen LogP contribution in [0, 0.1) is 5.92 Å². The molecular formula is C13H14F3NO. The Morgan fingerprint density at radius 3 is 2.50 bits per heavy atom. The molecule has 1 aromatic carbocycles. The average Bonchev–Trinajstić information content (AvgIpc) is 2.38. The number of carbonyl (C=O) groups is 1. The second kappa shape index (κ2) is 5.00. The summed E-state index contributed by atoms with van der Waals surface area (Å²) in [4.78, 5) is 13.3. The van der Waals surface area contributed by atoms with Crippen molar-refractivity contribution < 1.29 is 18.0 Å². The molecule has 18 heavy (non-hydrogen) atoms. The molecule has 5 heteroatoms. The number of carbonyl (C=O) groups excluding carboxylic acids is 1. The first-order valence-corrected chi connectivity index (χ1v) is 5.89. The lowest BCUT2D eigenvalue weighted by atomic mass is 9.97. The quantitative estimate of drug-likeness (QED) is 0.757. The molecule has 0 N–H and O–H groups in total. The van der Waals surface area contributed by atoms with Gasteiger partial charge in [0.2, 0.25) is 0 Å². The molecule has 0 spiro atoms. The number of halogens is 3. The molecule has 0 saturated carbocycles.